The molecule has 2 aliphatic rings. The monoisotopic (exact) mass is 618 g/mol. The number of para-hydroxylation sites is 2. The lowest BCUT2D eigenvalue weighted by molar-refractivity contribution is -0.384. The Bertz CT molecular complexity index is 1590. The number of piperazine rings is 1. The number of carbonyl (C=O) groups excluding carboxylic acids is 1. The minimum Gasteiger partial charge on any atom is -0.495 e. The summed E-state index contributed by atoms with van der Waals surface area (Å²) in [5.74, 6) is 0.728. The van der Waals surface area contributed by atoms with Crippen molar-refractivity contribution in [3.05, 3.63) is 87.2 Å². The van der Waals surface area contributed by atoms with Gasteiger partial charge >= 0.3 is 6.16 Å². The molecule has 45 heavy (non-hydrogen) atoms. The molecule has 0 spiro atoms. The summed E-state index contributed by atoms with van der Waals surface area (Å²) in [5.41, 5.74) is 3.43. The molecule has 3 heterocycles. The third-order valence-corrected chi connectivity index (χ3v) is 7.92. The lowest BCUT2D eigenvalue weighted by Crippen LogP contribution is -2.46. The first-order valence-electron chi connectivity index (χ1n) is 14.9. The molecule has 0 amide bonds. The predicted molar refractivity (Wildman–Crippen MR) is 166 cm³/mol. The first-order chi connectivity index (χ1) is 21.8. The molecule has 3 aromatic rings. The number of benzene rings is 2. The van der Waals surface area contributed by atoms with Crippen molar-refractivity contribution in [2.75, 3.05) is 51.3 Å². The highest BCUT2D eigenvalue weighted by atomic mass is 16.7. The number of allylic oxidation sites excluding steroid dienone is 3. The number of nitrogens with one attached hydrogen (secondary N) is 1. The quantitative estimate of drug-likeness (QED) is 0.141. The number of rotatable bonds is 11. The Morgan fingerprint density at radius 3 is 2.58 bits per heavy atom. The number of aryl methyl sites for hydroxylation is 1. The molecule has 0 aliphatic carbocycles. The molecular weight excluding hydrogens is 580 g/mol. The third-order valence-electron chi connectivity index (χ3n) is 7.92. The maximum absolute atomic E-state index is 13.0. The zero-order valence-corrected chi connectivity index (χ0v) is 25.9. The van der Waals surface area contributed by atoms with Crippen LogP contribution in [0.25, 0.3) is 5.57 Å². The molecular formula is C31H38N8O6. The molecule has 238 valence electrons. The van der Waals surface area contributed by atoms with Crippen LogP contribution in [-0.4, -0.2) is 82.6 Å². The number of non-ortho nitro benzene ring substituents is 1. The fourth-order valence-electron chi connectivity index (χ4n) is 5.69. The second-order valence-corrected chi connectivity index (χ2v) is 10.8. The van der Waals surface area contributed by atoms with Crippen molar-refractivity contribution in [2.45, 2.75) is 39.7 Å². The Morgan fingerprint density at radius 1 is 1.09 bits per heavy atom. The molecule has 0 saturated carbocycles. The van der Waals surface area contributed by atoms with Gasteiger partial charge < -0.3 is 24.4 Å². The second kappa shape index (κ2) is 14.2. The van der Waals surface area contributed by atoms with E-state index >= 15 is 0 Å². The van der Waals surface area contributed by atoms with Gasteiger partial charge in [-0.3, -0.25) is 15.0 Å². The number of dihydropyridines is 1. The van der Waals surface area contributed by atoms with Crippen molar-refractivity contribution in [3.8, 4) is 5.75 Å². The van der Waals surface area contributed by atoms with E-state index in [0.717, 1.165) is 44.2 Å². The molecule has 2 aromatic carbocycles. The van der Waals surface area contributed by atoms with Gasteiger partial charge in [-0.15, -0.1) is 10.2 Å². The smallest absolute Gasteiger partial charge is 0.495 e. The first-order valence-corrected chi connectivity index (χ1v) is 14.9. The van der Waals surface area contributed by atoms with Crippen LogP contribution in [0.1, 0.15) is 44.5 Å². The van der Waals surface area contributed by atoms with E-state index in [1.807, 2.05) is 32.0 Å². The standard InChI is InChI=1S/C31H38N8O6/c1-5-38-34-30(33-35-38)27-21(2)32-22(3)29(28(27)23-10-8-11-24(20-23)39(41)42)45-31(40)44-19-9-14-36-15-17-37(18-16-36)25-12-6-7-13-26(25)43-4/h6-8,10-13,20,28,32H,5,9,14-19H2,1-4H3. The van der Waals surface area contributed by atoms with Crippen LogP contribution in [0.2, 0.25) is 0 Å². The molecule has 0 bridgehead atoms. The minimum atomic E-state index is -0.855. The van der Waals surface area contributed by atoms with E-state index in [4.69, 9.17) is 14.2 Å². The van der Waals surface area contributed by atoms with Crippen molar-refractivity contribution in [2.24, 2.45) is 0 Å². The summed E-state index contributed by atoms with van der Waals surface area (Å²) in [4.78, 5) is 30.2. The summed E-state index contributed by atoms with van der Waals surface area (Å²) in [6, 6.07) is 14.2. The summed E-state index contributed by atoms with van der Waals surface area (Å²) >= 11 is 0. The number of carbonyl (C=O) groups is 1. The van der Waals surface area contributed by atoms with Gasteiger partial charge in [-0.1, -0.05) is 24.3 Å². The minimum absolute atomic E-state index is 0.0865. The van der Waals surface area contributed by atoms with E-state index in [0.29, 0.717) is 41.3 Å². The molecule has 1 atom stereocenters. The van der Waals surface area contributed by atoms with E-state index in [1.165, 1.54) is 16.9 Å². The van der Waals surface area contributed by atoms with Crippen LogP contribution in [0.15, 0.2) is 65.7 Å². The van der Waals surface area contributed by atoms with Gasteiger partial charge in [-0.2, -0.15) is 4.80 Å². The summed E-state index contributed by atoms with van der Waals surface area (Å²) in [6.07, 6.45) is -0.213. The lowest BCUT2D eigenvalue weighted by Gasteiger charge is -2.36. The predicted octanol–water partition coefficient (Wildman–Crippen LogP) is 4.32. The Labute approximate surface area is 261 Å². The second-order valence-electron chi connectivity index (χ2n) is 10.8. The van der Waals surface area contributed by atoms with Crippen molar-refractivity contribution in [1.29, 1.82) is 0 Å². The maximum atomic E-state index is 13.0. The molecule has 0 radical (unpaired) electrons. The lowest BCUT2D eigenvalue weighted by atomic mass is 9.84. The topological polar surface area (TPSA) is 150 Å². The van der Waals surface area contributed by atoms with Crippen molar-refractivity contribution >= 4 is 23.1 Å². The molecule has 14 nitrogen and oxygen atoms in total. The van der Waals surface area contributed by atoms with Crippen LogP contribution in [-0.2, 0) is 16.0 Å². The average Bonchev–Trinajstić information content (AvgIpc) is 3.53. The number of nitrogens with zero attached hydrogens (tertiary/aromatic N) is 7. The van der Waals surface area contributed by atoms with E-state index < -0.39 is 17.0 Å². The first kappa shape index (κ1) is 31.4. The van der Waals surface area contributed by atoms with Crippen molar-refractivity contribution in [1.82, 2.24) is 30.4 Å². The van der Waals surface area contributed by atoms with Gasteiger partial charge in [0.15, 0.2) is 0 Å². The van der Waals surface area contributed by atoms with Crippen LogP contribution in [0.3, 0.4) is 0 Å². The van der Waals surface area contributed by atoms with E-state index in [-0.39, 0.29) is 18.1 Å². The van der Waals surface area contributed by atoms with Gasteiger partial charge in [0, 0.05) is 56.1 Å². The Hall–Kier alpha value is -4.98. The van der Waals surface area contributed by atoms with Gasteiger partial charge in [0.1, 0.15) is 11.5 Å². The molecule has 1 aromatic heterocycles. The molecule has 14 heteroatoms. The zero-order valence-electron chi connectivity index (χ0n) is 25.9. The van der Waals surface area contributed by atoms with Gasteiger partial charge in [-0.05, 0) is 50.1 Å². The summed E-state index contributed by atoms with van der Waals surface area (Å²) < 4.78 is 16.8. The van der Waals surface area contributed by atoms with Gasteiger partial charge in [0.2, 0.25) is 5.82 Å². The Balaban J connectivity index is 1.22. The number of aromatic nitrogens is 4. The Kier molecular flexibility index (Phi) is 9.92. The number of ether oxygens (including phenoxy) is 3. The number of nitro benzene ring substituents is 1. The number of tetrazole rings is 1. The number of hydrogen-bond acceptors (Lipinski definition) is 12. The maximum Gasteiger partial charge on any atom is 0.513 e. The van der Waals surface area contributed by atoms with Gasteiger partial charge in [0.05, 0.1) is 42.5 Å². The zero-order chi connectivity index (χ0) is 31.9. The van der Waals surface area contributed by atoms with Crippen molar-refractivity contribution in [3.63, 3.8) is 0 Å². The molecule has 1 fully saturated rings. The van der Waals surface area contributed by atoms with Crippen molar-refractivity contribution < 1.29 is 23.9 Å². The van der Waals surface area contributed by atoms with E-state index in [9.17, 15) is 14.9 Å². The van der Waals surface area contributed by atoms with Crippen LogP contribution in [0, 0.1) is 10.1 Å². The van der Waals surface area contributed by atoms with E-state index in [2.05, 4.69) is 36.6 Å². The van der Waals surface area contributed by atoms with Gasteiger partial charge in [0.25, 0.3) is 5.69 Å². The highest BCUT2D eigenvalue weighted by molar-refractivity contribution is 5.76. The summed E-state index contributed by atoms with van der Waals surface area (Å²) in [7, 11) is 1.68. The molecule has 5 rings (SSSR count). The van der Waals surface area contributed by atoms with Crippen LogP contribution < -0.4 is 15.0 Å². The van der Waals surface area contributed by atoms with E-state index in [1.54, 1.807) is 26.2 Å². The number of anilines is 1. The van der Waals surface area contributed by atoms with Gasteiger partial charge in [-0.25, -0.2) is 4.79 Å². The number of methoxy groups -OCH3 is 1. The summed E-state index contributed by atoms with van der Waals surface area (Å²) in [6.45, 7) is 10.5. The van der Waals surface area contributed by atoms with Crippen LogP contribution in [0.5, 0.6) is 5.75 Å². The highest BCUT2D eigenvalue weighted by Crippen LogP contribution is 2.43. The average molecular weight is 619 g/mol. The number of hydrogen-bond donors (Lipinski definition) is 1. The normalized spacial score (nSPS) is 17.2. The third kappa shape index (κ3) is 7.23. The fraction of sp³-hybridized carbons (Fsp3) is 0.419. The fourth-order valence-corrected chi connectivity index (χ4v) is 5.69. The number of nitro groups is 1. The highest BCUT2D eigenvalue weighted by Gasteiger charge is 2.36. The molecule has 1 N–H and O–H groups in total. The summed E-state index contributed by atoms with van der Waals surface area (Å²) in [5, 5.41) is 27.6. The largest absolute Gasteiger partial charge is 0.513 e. The SMILES string of the molecule is CCn1nnc(C2=C(C)NC(C)=C(OC(=O)OCCCN3CCN(c4ccccc4OC)CC3)C2c2cccc([N+](=O)[O-])c2)n1. The molecule has 1 saturated heterocycles. The molecule has 2 aliphatic heterocycles. The Morgan fingerprint density at radius 2 is 1.87 bits per heavy atom. The van der Waals surface area contributed by atoms with Crippen LogP contribution in [0.4, 0.5) is 16.2 Å². The molecule has 1 unspecified atom stereocenters. The van der Waals surface area contributed by atoms with Crippen LogP contribution >= 0.6 is 0 Å².